The molecule has 0 saturated carbocycles. The summed E-state index contributed by atoms with van der Waals surface area (Å²) in [5.74, 6) is 0. The molecule has 17 heavy (non-hydrogen) atoms. The second kappa shape index (κ2) is 13.5. The third-order valence-electron chi connectivity index (χ3n) is 2.74. The zero-order valence-corrected chi connectivity index (χ0v) is 11.5. The van der Waals surface area contributed by atoms with E-state index in [4.69, 9.17) is 10.00 Å². The summed E-state index contributed by atoms with van der Waals surface area (Å²) in [5, 5.41) is 12.1. The first-order valence-corrected chi connectivity index (χ1v) is 7.05. The fourth-order valence-corrected chi connectivity index (χ4v) is 1.64. The smallest absolute Gasteiger partial charge is 0.0975 e. The number of hydrogen-bond acceptors (Lipinski definition) is 3. The zero-order chi connectivity index (χ0) is 12.8. The second-order valence-corrected chi connectivity index (χ2v) is 4.45. The van der Waals surface area contributed by atoms with Crippen molar-refractivity contribution in [3.05, 3.63) is 0 Å². The van der Waals surface area contributed by atoms with E-state index in [1.54, 1.807) is 0 Å². The van der Waals surface area contributed by atoms with Crippen molar-refractivity contribution in [2.45, 2.75) is 64.8 Å². The quantitative estimate of drug-likeness (QED) is 0.533. The minimum atomic E-state index is -0.0463. The lowest BCUT2D eigenvalue weighted by Crippen LogP contribution is -2.29. The van der Waals surface area contributed by atoms with Crippen molar-refractivity contribution < 1.29 is 4.74 Å². The van der Waals surface area contributed by atoms with Gasteiger partial charge < -0.3 is 10.1 Å². The van der Waals surface area contributed by atoms with Crippen LogP contribution in [0.2, 0.25) is 0 Å². The Morgan fingerprint density at radius 2 is 1.82 bits per heavy atom. The maximum atomic E-state index is 8.88. The first-order chi connectivity index (χ1) is 8.35. The van der Waals surface area contributed by atoms with E-state index in [0.717, 1.165) is 32.4 Å². The topological polar surface area (TPSA) is 45.0 Å². The molecule has 0 radical (unpaired) electrons. The molecular weight excluding hydrogens is 212 g/mol. The number of unbranched alkanes of at least 4 members (excludes halogenated alkanes) is 4. The molecule has 0 amide bonds. The predicted molar refractivity (Wildman–Crippen MR) is 71.9 cm³/mol. The van der Waals surface area contributed by atoms with Gasteiger partial charge in [0.25, 0.3) is 0 Å². The van der Waals surface area contributed by atoms with Gasteiger partial charge in [0.1, 0.15) is 0 Å². The van der Waals surface area contributed by atoms with Gasteiger partial charge in [-0.25, -0.2) is 0 Å². The number of hydrogen-bond donors (Lipinski definition) is 1. The van der Waals surface area contributed by atoms with Crippen LogP contribution in [-0.2, 0) is 4.74 Å². The second-order valence-electron chi connectivity index (χ2n) is 4.45. The molecule has 0 aliphatic carbocycles. The average Bonchev–Trinajstić information content (AvgIpc) is 2.36. The lowest BCUT2D eigenvalue weighted by molar-refractivity contribution is 0.123. The first-order valence-electron chi connectivity index (χ1n) is 7.05. The van der Waals surface area contributed by atoms with E-state index in [1.807, 2.05) is 0 Å². The molecule has 3 heteroatoms. The van der Waals surface area contributed by atoms with Crippen molar-refractivity contribution in [1.82, 2.24) is 5.32 Å². The SMILES string of the molecule is CCCCCCCOCCC(C#N)NCCC. The highest BCUT2D eigenvalue weighted by atomic mass is 16.5. The molecule has 1 unspecified atom stereocenters. The molecule has 0 heterocycles. The van der Waals surface area contributed by atoms with Crippen LogP contribution in [0.1, 0.15) is 58.8 Å². The van der Waals surface area contributed by atoms with Gasteiger partial charge >= 0.3 is 0 Å². The van der Waals surface area contributed by atoms with Crippen LogP contribution < -0.4 is 5.32 Å². The fourth-order valence-electron chi connectivity index (χ4n) is 1.64. The largest absolute Gasteiger partial charge is 0.381 e. The molecule has 0 spiro atoms. The maximum absolute atomic E-state index is 8.88. The van der Waals surface area contributed by atoms with Gasteiger partial charge in [-0.15, -0.1) is 0 Å². The summed E-state index contributed by atoms with van der Waals surface area (Å²) < 4.78 is 5.54. The van der Waals surface area contributed by atoms with Gasteiger partial charge in [-0.1, -0.05) is 39.5 Å². The van der Waals surface area contributed by atoms with Crippen molar-refractivity contribution in [2.24, 2.45) is 0 Å². The highest BCUT2D eigenvalue weighted by Gasteiger charge is 2.04. The molecule has 0 fully saturated rings. The molecule has 0 aliphatic rings. The Morgan fingerprint density at radius 3 is 2.47 bits per heavy atom. The van der Waals surface area contributed by atoms with Crippen molar-refractivity contribution in [2.75, 3.05) is 19.8 Å². The Hall–Kier alpha value is -0.590. The molecule has 1 N–H and O–H groups in total. The van der Waals surface area contributed by atoms with Gasteiger partial charge in [0.15, 0.2) is 0 Å². The van der Waals surface area contributed by atoms with Gasteiger partial charge in [0.05, 0.1) is 12.1 Å². The molecule has 0 aromatic rings. The van der Waals surface area contributed by atoms with Crippen LogP contribution in [-0.4, -0.2) is 25.8 Å². The molecular formula is C14H28N2O. The normalized spacial score (nSPS) is 12.3. The van der Waals surface area contributed by atoms with Crippen LogP contribution in [0.5, 0.6) is 0 Å². The van der Waals surface area contributed by atoms with E-state index in [1.165, 1.54) is 25.7 Å². The first kappa shape index (κ1) is 16.4. The maximum Gasteiger partial charge on any atom is 0.0975 e. The number of ether oxygens (including phenoxy) is 1. The fraction of sp³-hybridized carbons (Fsp3) is 0.929. The predicted octanol–water partition coefficient (Wildman–Crippen LogP) is 3.26. The Labute approximate surface area is 107 Å². The van der Waals surface area contributed by atoms with Crippen molar-refractivity contribution >= 4 is 0 Å². The molecule has 0 aromatic heterocycles. The highest BCUT2D eigenvalue weighted by Crippen LogP contribution is 2.02. The lowest BCUT2D eigenvalue weighted by Gasteiger charge is -2.10. The average molecular weight is 240 g/mol. The molecule has 100 valence electrons. The molecule has 0 aromatic carbocycles. The van der Waals surface area contributed by atoms with E-state index in [-0.39, 0.29) is 6.04 Å². The number of nitriles is 1. The van der Waals surface area contributed by atoms with E-state index >= 15 is 0 Å². The number of nitrogens with one attached hydrogen (secondary N) is 1. The molecule has 0 aliphatic heterocycles. The Bertz CT molecular complexity index is 189. The van der Waals surface area contributed by atoms with Crippen LogP contribution in [0.15, 0.2) is 0 Å². The third-order valence-corrected chi connectivity index (χ3v) is 2.74. The van der Waals surface area contributed by atoms with Crippen LogP contribution in [0.3, 0.4) is 0 Å². The summed E-state index contributed by atoms with van der Waals surface area (Å²) in [4.78, 5) is 0. The minimum Gasteiger partial charge on any atom is -0.381 e. The van der Waals surface area contributed by atoms with Crippen LogP contribution in [0.4, 0.5) is 0 Å². The zero-order valence-electron chi connectivity index (χ0n) is 11.5. The lowest BCUT2D eigenvalue weighted by atomic mass is 10.2. The summed E-state index contributed by atoms with van der Waals surface area (Å²) in [7, 11) is 0. The molecule has 3 nitrogen and oxygen atoms in total. The third kappa shape index (κ3) is 11.7. The van der Waals surface area contributed by atoms with Gasteiger partial charge in [-0.3, -0.25) is 0 Å². The number of nitrogens with zero attached hydrogens (tertiary/aromatic N) is 1. The van der Waals surface area contributed by atoms with Crippen LogP contribution in [0.25, 0.3) is 0 Å². The van der Waals surface area contributed by atoms with Gasteiger partial charge in [-0.05, 0) is 25.8 Å². The molecule has 1 atom stereocenters. The highest BCUT2D eigenvalue weighted by molar-refractivity contribution is 4.89. The van der Waals surface area contributed by atoms with E-state index in [9.17, 15) is 0 Å². The van der Waals surface area contributed by atoms with Gasteiger partial charge in [0, 0.05) is 13.2 Å². The van der Waals surface area contributed by atoms with Gasteiger partial charge in [-0.2, -0.15) is 5.26 Å². The van der Waals surface area contributed by atoms with E-state index in [2.05, 4.69) is 25.2 Å². The summed E-state index contributed by atoms with van der Waals surface area (Å²) in [5.41, 5.74) is 0. The van der Waals surface area contributed by atoms with Crippen molar-refractivity contribution in [1.29, 1.82) is 5.26 Å². The minimum absolute atomic E-state index is 0.0463. The van der Waals surface area contributed by atoms with Crippen LogP contribution in [0, 0.1) is 11.3 Å². The summed E-state index contributed by atoms with van der Waals surface area (Å²) in [6.07, 6.45) is 8.22. The Morgan fingerprint density at radius 1 is 1.06 bits per heavy atom. The summed E-state index contributed by atoms with van der Waals surface area (Å²) in [6, 6.07) is 2.22. The van der Waals surface area contributed by atoms with Gasteiger partial charge in [0.2, 0.25) is 0 Å². The van der Waals surface area contributed by atoms with Crippen LogP contribution >= 0.6 is 0 Å². The monoisotopic (exact) mass is 240 g/mol. The summed E-state index contributed by atoms with van der Waals surface area (Å²) >= 11 is 0. The van der Waals surface area contributed by atoms with E-state index < -0.39 is 0 Å². The standard InChI is InChI=1S/C14H28N2O/c1-3-5-6-7-8-11-17-12-9-14(13-15)16-10-4-2/h14,16H,3-12H2,1-2H3. The summed E-state index contributed by atoms with van der Waals surface area (Å²) in [6.45, 7) is 6.78. The Kier molecular flexibility index (Phi) is 13.0. The van der Waals surface area contributed by atoms with E-state index in [0.29, 0.717) is 6.61 Å². The molecule has 0 saturated heterocycles. The number of rotatable bonds is 12. The van der Waals surface area contributed by atoms with Crippen molar-refractivity contribution in [3.63, 3.8) is 0 Å². The van der Waals surface area contributed by atoms with Crippen molar-refractivity contribution in [3.8, 4) is 6.07 Å². The molecule has 0 rings (SSSR count). The molecule has 0 bridgehead atoms. The Balaban J connectivity index is 3.22.